The van der Waals surface area contributed by atoms with Gasteiger partial charge in [-0.2, -0.15) is 0 Å². The second kappa shape index (κ2) is 4.25. The lowest BCUT2D eigenvalue weighted by molar-refractivity contribution is 0.550. The smallest absolute Gasteiger partial charge is 0.216 e. The first-order valence-corrected chi connectivity index (χ1v) is 8.68. The van der Waals surface area contributed by atoms with Gasteiger partial charge >= 0.3 is 0 Å². The molecule has 0 radical (unpaired) electrons. The van der Waals surface area contributed by atoms with Crippen molar-refractivity contribution in [1.82, 2.24) is 10.0 Å². The van der Waals surface area contributed by atoms with Gasteiger partial charge in [0.25, 0.3) is 0 Å². The van der Waals surface area contributed by atoms with Crippen molar-refractivity contribution in [3.8, 4) is 0 Å². The molecule has 2 heterocycles. The van der Waals surface area contributed by atoms with E-state index in [0.29, 0.717) is 25.9 Å². The minimum Gasteiger partial charge on any atom is -0.315 e. The average Bonchev–Trinajstić information content (AvgIpc) is 2.74. The van der Waals surface area contributed by atoms with Crippen LogP contribution in [-0.2, 0) is 19.9 Å². The summed E-state index contributed by atoms with van der Waals surface area (Å²) in [6, 6.07) is -0.435. The molecule has 2 rings (SSSR count). The van der Waals surface area contributed by atoms with Crippen LogP contribution in [0, 0.1) is 0 Å². The molecule has 2 N–H and O–H groups in total. The molecule has 94 valence electrons. The lowest BCUT2D eigenvalue weighted by Crippen LogP contribution is -2.42. The molecule has 0 spiro atoms. The first kappa shape index (κ1) is 12.3. The average molecular weight is 268 g/mol. The third-order valence-electron chi connectivity index (χ3n) is 3.02. The van der Waals surface area contributed by atoms with Crippen molar-refractivity contribution in [3.05, 3.63) is 0 Å². The second-order valence-electron chi connectivity index (χ2n) is 4.38. The molecule has 2 unspecified atom stereocenters. The molecular formula is C8H16N2O4S2. The van der Waals surface area contributed by atoms with Crippen molar-refractivity contribution in [2.24, 2.45) is 0 Å². The minimum atomic E-state index is -3.37. The van der Waals surface area contributed by atoms with Crippen molar-refractivity contribution in [2.45, 2.75) is 24.1 Å². The Kier molecular flexibility index (Phi) is 3.26. The summed E-state index contributed by atoms with van der Waals surface area (Å²) < 4.78 is 48.6. The van der Waals surface area contributed by atoms with Crippen molar-refractivity contribution in [1.29, 1.82) is 0 Å². The first-order valence-electron chi connectivity index (χ1n) is 5.31. The van der Waals surface area contributed by atoms with Gasteiger partial charge in [0, 0.05) is 12.6 Å². The molecule has 0 aromatic rings. The van der Waals surface area contributed by atoms with E-state index in [9.17, 15) is 16.8 Å². The summed E-state index contributed by atoms with van der Waals surface area (Å²) in [6.07, 6.45) is 0.983. The number of hydrogen-bond acceptors (Lipinski definition) is 5. The topological polar surface area (TPSA) is 92.3 Å². The van der Waals surface area contributed by atoms with Crippen molar-refractivity contribution in [2.75, 3.05) is 24.6 Å². The molecule has 2 aliphatic heterocycles. The standard InChI is InChI=1S/C8H16N2O4S2/c11-15(12)4-2-7(6-15)10-16(13,14)8-1-3-9-5-8/h7-10H,1-6H2. The molecule has 6 nitrogen and oxygen atoms in total. The monoisotopic (exact) mass is 268 g/mol. The molecule has 0 aliphatic carbocycles. The third kappa shape index (κ3) is 2.73. The quantitative estimate of drug-likeness (QED) is 0.647. The Balaban J connectivity index is 1.99. The molecule has 16 heavy (non-hydrogen) atoms. The molecule has 2 fully saturated rings. The van der Waals surface area contributed by atoms with Crippen molar-refractivity contribution in [3.63, 3.8) is 0 Å². The zero-order valence-corrected chi connectivity index (χ0v) is 10.5. The van der Waals surface area contributed by atoms with Gasteiger partial charge in [-0.3, -0.25) is 0 Å². The third-order valence-corrected chi connectivity index (χ3v) is 6.73. The van der Waals surface area contributed by atoms with Gasteiger partial charge in [-0.15, -0.1) is 0 Å². The molecule has 0 saturated carbocycles. The highest BCUT2D eigenvalue weighted by Gasteiger charge is 2.35. The SMILES string of the molecule is O=S1(=O)CCC(NS(=O)(=O)C2CCNC2)C1. The van der Waals surface area contributed by atoms with Crippen LogP contribution in [0.2, 0.25) is 0 Å². The number of hydrogen-bond donors (Lipinski definition) is 2. The highest BCUT2D eigenvalue weighted by Crippen LogP contribution is 2.15. The summed E-state index contributed by atoms with van der Waals surface area (Å²) in [5, 5.41) is 2.56. The predicted octanol–water partition coefficient (Wildman–Crippen LogP) is -1.55. The number of sulfone groups is 1. The summed E-state index contributed by atoms with van der Waals surface area (Å²) in [5.74, 6) is 0.0233. The summed E-state index contributed by atoms with van der Waals surface area (Å²) in [6.45, 7) is 1.16. The Morgan fingerprint density at radius 3 is 2.50 bits per heavy atom. The van der Waals surface area contributed by atoms with Crippen molar-refractivity contribution < 1.29 is 16.8 Å². The van der Waals surface area contributed by atoms with Crippen LogP contribution in [0.3, 0.4) is 0 Å². The highest BCUT2D eigenvalue weighted by molar-refractivity contribution is 7.92. The fraction of sp³-hybridized carbons (Fsp3) is 1.00. The van der Waals surface area contributed by atoms with Crippen LogP contribution in [0.5, 0.6) is 0 Å². The Morgan fingerprint density at radius 1 is 1.25 bits per heavy atom. The second-order valence-corrected chi connectivity index (χ2v) is 8.60. The fourth-order valence-electron chi connectivity index (χ4n) is 2.11. The molecule has 2 atom stereocenters. The van der Waals surface area contributed by atoms with Crippen LogP contribution in [0.1, 0.15) is 12.8 Å². The summed E-state index contributed by atoms with van der Waals surface area (Å²) in [4.78, 5) is 0. The van der Waals surface area contributed by atoms with Crippen LogP contribution in [-0.4, -0.2) is 52.7 Å². The minimum absolute atomic E-state index is 0.0631. The molecular weight excluding hydrogens is 252 g/mol. The van der Waals surface area contributed by atoms with E-state index in [0.717, 1.165) is 0 Å². The van der Waals surface area contributed by atoms with Crippen LogP contribution in [0.15, 0.2) is 0 Å². The number of sulfonamides is 1. The van der Waals surface area contributed by atoms with Crippen LogP contribution in [0.4, 0.5) is 0 Å². The van der Waals surface area contributed by atoms with Crippen LogP contribution < -0.4 is 10.0 Å². The largest absolute Gasteiger partial charge is 0.315 e. The zero-order chi connectivity index (χ0) is 11.8. The van der Waals surface area contributed by atoms with Crippen LogP contribution in [0.25, 0.3) is 0 Å². The van der Waals surface area contributed by atoms with E-state index < -0.39 is 31.2 Å². The maximum atomic E-state index is 11.9. The van der Waals surface area contributed by atoms with E-state index in [1.807, 2.05) is 0 Å². The van der Waals surface area contributed by atoms with E-state index in [-0.39, 0.29) is 11.5 Å². The number of nitrogens with one attached hydrogen (secondary N) is 2. The maximum Gasteiger partial charge on any atom is 0.216 e. The van der Waals surface area contributed by atoms with Crippen LogP contribution >= 0.6 is 0 Å². The van der Waals surface area contributed by atoms with E-state index in [1.54, 1.807) is 0 Å². The van der Waals surface area contributed by atoms with Gasteiger partial charge in [0.2, 0.25) is 10.0 Å². The molecule has 0 aromatic heterocycles. The Labute approximate surface area is 95.8 Å². The lowest BCUT2D eigenvalue weighted by atomic mass is 10.3. The Morgan fingerprint density at radius 2 is 2.00 bits per heavy atom. The van der Waals surface area contributed by atoms with Gasteiger partial charge in [0.05, 0.1) is 16.8 Å². The van der Waals surface area contributed by atoms with Gasteiger partial charge in [-0.05, 0) is 19.4 Å². The lowest BCUT2D eigenvalue weighted by Gasteiger charge is -2.15. The van der Waals surface area contributed by atoms with Gasteiger partial charge in [-0.1, -0.05) is 0 Å². The summed E-state index contributed by atoms with van der Waals surface area (Å²) >= 11 is 0. The van der Waals surface area contributed by atoms with Gasteiger partial charge < -0.3 is 5.32 Å². The molecule has 2 saturated heterocycles. The highest BCUT2D eigenvalue weighted by atomic mass is 32.2. The molecule has 0 amide bonds. The number of rotatable bonds is 3. The van der Waals surface area contributed by atoms with E-state index in [4.69, 9.17) is 0 Å². The zero-order valence-electron chi connectivity index (χ0n) is 8.85. The summed E-state index contributed by atoms with van der Waals surface area (Å²) in [7, 11) is -6.40. The Hall–Kier alpha value is -0.180. The molecule has 8 heteroatoms. The molecule has 0 bridgehead atoms. The van der Waals surface area contributed by atoms with E-state index in [1.165, 1.54) is 0 Å². The summed E-state index contributed by atoms with van der Waals surface area (Å²) in [5.41, 5.74) is 0. The van der Waals surface area contributed by atoms with Crippen molar-refractivity contribution >= 4 is 19.9 Å². The molecule has 2 aliphatic rings. The van der Waals surface area contributed by atoms with Gasteiger partial charge in [0.15, 0.2) is 9.84 Å². The van der Waals surface area contributed by atoms with Gasteiger partial charge in [0.1, 0.15) is 0 Å². The maximum absolute atomic E-state index is 11.9. The Bertz CT molecular complexity index is 450. The molecule has 0 aromatic carbocycles. The predicted molar refractivity (Wildman–Crippen MR) is 60.4 cm³/mol. The van der Waals surface area contributed by atoms with E-state index >= 15 is 0 Å². The fourth-order valence-corrected chi connectivity index (χ4v) is 5.51. The first-order chi connectivity index (χ1) is 7.39. The van der Waals surface area contributed by atoms with Gasteiger partial charge in [-0.25, -0.2) is 21.6 Å². The normalized spacial score (nSPS) is 34.2. The van der Waals surface area contributed by atoms with E-state index in [2.05, 4.69) is 10.0 Å².